The molecule has 7 nitrogen and oxygen atoms in total. The number of carbonyl (C=O) groups is 1. The molecule has 3 rings (SSSR count). The number of aromatic nitrogens is 3. The average Bonchev–Trinajstić information content (AvgIpc) is 3.13. The average molecular weight is 339 g/mol. The summed E-state index contributed by atoms with van der Waals surface area (Å²) in [6.07, 6.45) is 2.60. The van der Waals surface area contributed by atoms with Crippen LogP contribution in [0.5, 0.6) is 5.75 Å². The number of benzene rings is 1. The van der Waals surface area contributed by atoms with E-state index in [0.29, 0.717) is 17.1 Å². The van der Waals surface area contributed by atoms with Crippen LogP contribution in [-0.2, 0) is 4.74 Å². The third kappa shape index (κ3) is 3.65. The second kappa shape index (κ2) is 7.12. The highest BCUT2D eigenvalue weighted by atomic mass is 16.6. The van der Waals surface area contributed by atoms with Gasteiger partial charge in [-0.05, 0) is 43.7 Å². The van der Waals surface area contributed by atoms with Crippen molar-refractivity contribution in [2.45, 2.75) is 20.0 Å². The molecule has 0 aliphatic heterocycles. The zero-order valence-electron chi connectivity index (χ0n) is 14.1. The molecule has 0 amide bonds. The van der Waals surface area contributed by atoms with Gasteiger partial charge in [-0.25, -0.2) is 4.79 Å². The van der Waals surface area contributed by atoms with Crippen molar-refractivity contribution in [1.82, 2.24) is 15.1 Å². The lowest BCUT2D eigenvalue weighted by molar-refractivity contribution is 0.0265. The van der Waals surface area contributed by atoms with Gasteiger partial charge in [0.05, 0.1) is 12.7 Å². The van der Waals surface area contributed by atoms with Crippen LogP contribution in [0.2, 0.25) is 0 Å². The molecule has 0 aliphatic rings. The molecule has 3 aromatic rings. The van der Waals surface area contributed by atoms with E-state index < -0.39 is 12.1 Å². The Morgan fingerprint density at radius 1 is 1.28 bits per heavy atom. The predicted octanol–water partition coefficient (Wildman–Crippen LogP) is 3.37. The first-order valence-corrected chi connectivity index (χ1v) is 7.68. The van der Waals surface area contributed by atoms with E-state index in [-0.39, 0.29) is 5.89 Å². The maximum absolute atomic E-state index is 12.3. The molecule has 2 aromatic heterocycles. The van der Waals surface area contributed by atoms with Crippen LogP contribution in [0.3, 0.4) is 0 Å². The Hall–Kier alpha value is -3.22. The van der Waals surface area contributed by atoms with E-state index in [1.807, 2.05) is 13.0 Å². The summed E-state index contributed by atoms with van der Waals surface area (Å²) in [4.78, 5) is 20.6. The molecule has 2 heterocycles. The number of methoxy groups -OCH3 is 1. The van der Waals surface area contributed by atoms with Gasteiger partial charge in [-0.15, -0.1) is 0 Å². The summed E-state index contributed by atoms with van der Waals surface area (Å²) in [6.45, 7) is 3.57. The van der Waals surface area contributed by atoms with Crippen LogP contribution in [-0.4, -0.2) is 28.2 Å². The van der Waals surface area contributed by atoms with Gasteiger partial charge >= 0.3 is 5.97 Å². The minimum atomic E-state index is -0.683. The topological polar surface area (TPSA) is 87.3 Å². The Labute approximate surface area is 144 Å². The zero-order valence-corrected chi connectivity index (χ0v) is 14.1. The van der Waals surface area contributed by atoms with Gasteiger partial charge < -0.3 is 14.0 Å². The molecule has 0 radical (unpaired) electrons. The molecule has 7 heteroatoms. The Morgan fingerprint density at radius 2 is 2.12 bits per heavy atom. The van der Waals surface area contributed by atoms with Crippen LogP contribution < -0.4 is 4.74 Å². The Kier molecular flexibility index (Phi) is 4.74. The first-order valence-electron chi connectivity index (χ1n) is 7.68. The van der Waals surface area contributed by atoms with Gasteiger partial charge in [-0.1, -0.05) is 11.2 Å². The van der Waals surface area contributed by atoms with Crippen molar-refractivity contribution in [1.29, 1.82) is 0 Å². The van der Waals surface area contributed by atoms with Gasteiger partial charge in [0.2, 0.25) is 5.82 Å². The molecule has 0 N–H and O–H groups in total. The second-order valence-corrected chi connectivity index (χ2v) is 5.43. The standard InChI is InChI=1S/C18H17N3O4/c1-11-6-7-13(9-15(11)23-3)18(22)24-12(2)17-20-16(21-25-17)14-5-4-8-19-10-14/h4-10,12H,1-3H3. The van der Waals surface area contributed by atoms with E-state index in [4.69, 9.17) is 14.0 Å². The van der Waals surface area contributed by atoms with Crippen molar-refractivity contribution in [3.63, 3.8) is 0 Å². The monoisotopic (exact) mass is 339 g/mol. The first-order chi connectivity index (χ1) is 12.1. The van der Waals surface area contributed by atoms with Gasteiger partial charge in [0, 0.05) is 18.0 Å². The van der Waals surface area contributed by atoms with Crippen molar-refractivity contribution in [2.24, 2.45) is 0 Å². The van der Waals surface area contributed by atoms with Crippen molar-refractivity contribution in [2.75, 3.05) is 7.11 Å². The maximum atomic E-state index is 12.3. The molecule has 0 aliphatic carbocycles. The Bertz CT molecular complexity index is 877. The van der Waals surface area contributed by atoms with Gasteiger partial charge in [0.15, 0.2) is 6.10 Å². The summed E-state index contributed by atoms with van der Waals surface area (Å²) >= 11 is 0. The van der Waals surface area contributed by atoms with Crippen molar-refractivity contribution in [3.05, 3.63) is 59.7 Å². The second-order valence-electron chi connectivity index (χ2n) is 5.43. The number of pyridine rings is 1. The summed E-state index contributed by atoms with van der Waals surface area (Å²) < 4.78 is 15.8. The molecule has 1 unspecified atom stereocenters. The number of nitrogens with zero attached hydrogens (tertiary/aromatic N) is 3. The number of esters is 1. The van der Waals surface area contributed by atoms with E-state index in [9.17, 15) is 4.79 Å². The molecule has 0 saturated heterocycles. The lowest BCUT2D eigenvalue weighted by Gasteiger charge is -2.11. The van der Waals surface area contributed by atoms with Gasteiger partial charge in [-0.3, -0.25) is 4.98 Å². The quantitative estimate of drug-likeness (QED) is 0.659. The van der Waals surface area contributed by atoms with Crippen LogP contribution >= 0.6 is 0 Å². The number of hydrogen-bond donors (Lipinski definition) is 0. The molecular formula is C18H17N3O4. The molecule has 1 aromatic carbocycles. The highest BCUT2D eigenvalue weighted by Gasteiger charge is 2.20. The Morgan fingerprint density at radius 3 is 2.84 bits per heavy atom. The van der Waals surface area contributed by atoms with Crippen LogP contribution in [0.15, 0.2) is 47.2 Å². The molecule has 0 bridgehead atoms. The van der Waals surface area contributed by atoms with Crippen LogP contribution in [0.25, 0.3) is 11.4 Å². The fourth-order valence-electron chi connectivity index (χ4n) is 2.24. The third-order valence-corrected chi connectivity index (χ3v) is 3.64. The summed E-state index contributed by atoms with van der Waals surface area (Å²) in [6, 6.07) is 8.71. The van der Waals surface area contributed by atoms with E-state index in [2.05, 4.69) is 15.1 Å². The largest absolute Gasteiger partial charge is 0.496 e. The van der Waals surface area contributed by atoms with Crippen molar-refractivity contribution >= 4 is 5.97 Å². The summed E-state index contributed by atoms with van der Waals surface area (Å²) in [5.41, 5.74) is 2.05. The maximum Gasteiger partial charge on any atom is 0.339 e. The lowest BCUT2D eigenvalue weighted by Crippen LogP contribution is -2.10. The lowest BCUT2D eigenvalue weighted by atomic mass is 10.1. The van der Waals surface area contributed by atoms with Crippen LogP contribution in [0.1, 0.15) is 34.8 Å². The zero-order chi connectivity index (χ0) is 17.8. The van der Waals surface area contributed by atoms with E-state index in [0.717, 1.165) is 11.1 Å². The number of rotatable bonds is 5. The fourth-order valence-corrected chi connectivity index (χ4v) is 2.24. The first kappa shape index (κ1) is 16.6. The molecule has 0 saturated carbocycles. The van der Waals surface area contributed by atoms with Gasteiger partial charge in [0.25, 0.3) is 5.89 Å². The number of hydrogen-bond acceptors (Lipinski definition) is 7. The smallest absolute Gasteiger partial charge is 0.339 e. The highest BCUT2D eigenvalue weighted by Crippen LogP contribution is 2.23. The number of aryl methyl sites for hydroxylation is 1. The highest BCUT2D eigenvalue weighted by molar-refractivity contribution is 5.90. The molecule has 0 spiro atoms. The Balaban J connectivity index is 1.73. The molecule has 0 fully saturated rings. The molecule has 1 atom stereocenters. The fraction of sp³-hybridized carbons (Fsp3) is 0.222. The molecule has 25 heavy (non-hydrogen) atoms. The third-order valence-electron chi connectivity index (χ3n) is 3.64. The van der Waals surface area contributed by atoms with Gasteiger partial charge in [0.1, 0.15) is 5.75 Å². The van der Waals surface area contributed by atoms with Crippen LogP contribution in [0.4, 0.5) is 0 Å². The van der Waals surface area contributed by atoms with Crippen molar-refractivity contribution in [3.8, 4) is 17.1 Å². The normalized spacial score (nSPS) is 11.8. The van der Waals surface area contributed by atoms with E-state index >= 15 is 0 Å². The van der Waals surface area contributed by atoms with Gasteiger partial charge in [-0.2, -0.15) is 4.98 Å². The molecule has 128 valence electrons. The number of ether oxygens (including phenoxy) is 2. The molecular weight excluding hydrogens is 322 g/mol. The summed E-state index contributed by atoms with van der Waals surface area (Å²) in [5, 5.41) is 3.89. The number of carbonyl (C=O) groups excluding carboxylic acids is 1. The SMILES string of the molecule is COc1cc(C(=O)OC(C)c2nc(-c3cccnc3)no2)ccc1C. The van der Waals surface area contributed by atoms with Crippen molar-refractivity contribution < 1.29 is 18.8 Å². The minimum absolute atomic E-state index is 0.214. The van der Waals surface area contributed by atoms with Crippen LogP contribution in [0, 0.1) is 6.92 Å². The van der Waals surface area contributed by atoms with E-state index in [1.165, 1.54) is 0 Å². The predicted molar refractivity (Wildman–Crippen MR) is 89.1 cm³/mol. The van der Waals surface area contributed by atoms with E-state index in [1.54, 1.807) is 50.7 Å². The summed E-state index contributed by atoms with van der Waals surface area (Å²) in [5.74, 6) is 0.736. The summed E-state index contributed by atoms with van der Waals surface area (Å²) in [7, 11) is 1.55. The minimum Gasteiger partial charge on any atom is -0.496 e.